The molecule has 0 aromatic heterocycles. The monoisotopic (exact) mass is 296 g/mol. The van der Waals surface area contributed by atoms with Gasteiger partial charge >= 0.3 is 41.5 Å². The summed E-state index contributed by atoms with van der Waals surface area (Å²) in [6.07, 6.45) is 0. The van der Waals surface area contributed by atoms with Crippen LogP contribution in [0.25, 0.3) is 0 Å². The topological polar surface area (TPSA) is 72.8 Å². The number of phenolic OH excluding ortho intramolecular Hbond substituents is 1. The van der Waals surface area contributed by atoms with Gasteiger partial charge in [-0.15, -0.1) is 0 Å². The Hall–Kier alpha value is -1.82. The predicted molar refractivity (Wildman–Crippen MR) is 78.0 cm³/mol. The molecule has 2 rings (SSSR count). The molecule has 5 nitrogen and oxygen atoms in total. The van der Waals surface area contributed by atoms with Crippen LogP contribution in [-0.4, -0.2) is 53.7 Å². The normalized spacial score (nSPS) is 9.38. The van der Waals surface area contributed by atoms with Crippen molar-refractivity contribution in [2.45, 2.75) is 0 Å². The zero-order valence-corrected chi connectivity index (χ0v) is 10.7. The number of hydrogen-bond donors (Lipinski definition) is 1. The van der Waals surface area contributed by atoms with E-state index >= 15 is 0 Å². The van der Waals surface area contributed by atoms with Crippen molar-refractivity contribution in [1.82, 2.24) is 0 Å². The van der Waals surface area contributed by atoms with Crippen molar-refractivity contribution < 1.29 is 24.2 Å². The molecule has 104 valence electrons. The second kappa shape index (κ2) is 7.83. The van der Waals surface area contributed by atoms with Crippen molar-refractivity contribution in [1.29, 1.82) is 0 Å². The van der Waals surface area contributed by atoms with E-state index in [1.807, 2.05) is 0 Å². The Morgan fingerprint density at radius 2 is 1.33 bits per heavy atom. The number of carbonyl (C=O) groups is 2. The van der Waals surface area contributed by atoms with E-state index in [2.05, 4.69) is 4.74 Å². The molecule has 0 unspecified atom stereocenters. The molecule has 0 saturated carbocycles. The summed E-state index contributed by atoms with van der Waals surface area (Å²) in [5.74, 6) is -0.614. The Morgan fingerprint density at radius 1 is 0.857 bits per heavy atom. The average molecular weight is 296 g/mol. The van der Waals surface area contributed by atoms with Gasteiger partial charge in [-0.3, -0.25) is 0 Å². The number of esters is 2. The van der Waals surface area contributed by atoms with Gasteiger partial charge in [0, 0.05) is 0 Å². The molecule has 0 aliphatic rings. The van der Waals surface area contributed by atoms with Crippen LogP contribution in [0.3, 0.4) is 0 Å². The number of aromatic hydroxyl groups is 1. The first-order chi connectivity index (χ1) is 9.60. The SMILES string of the molecule is COC(=O)c1ccc(OC(=O)c2ccc(O)cc2)cc1.[NaH]. The first-order valence-corrected chi connectivity index (χ1v) is 5.80. The van der Waals surface area contributed by atoms with E-state index in [0.717, 1.165) is 0 Å². The molecule has 0 aliphatic carbocycles. The third-order valence-electron chi connectivity index (χ3n) is 2.59. The molecule has 0 saturated heterocycles. The van der Waals surface area contributed by atoms with Crippen LogP contribution in [0.5, 0.6) is 11.5 Å². The van der Waals surface area contributed by atoms with E-state index in [4.69, 9.17) is 9.84 Å². The number of methoxy groups -OCH3 is 1. The summed E-state index contributed by atoms with van der Waals surface area (Å²) < 4.78 is 9.70. The fraction of sp³-hybridized carbons (Fsp3) is 0.0667. The molecule has 0 fully saturated rings. The van der Waals surface area contributed by atoms with Crippen molar-refractivity contribution in [3.05, 3.63) is 59.7 Å². The summed E-state index contributed by atoms with van der Waals surface area (Å²) in [6, 6.07) is 11.7. The van der Waals surface area contributed by atoms with Crippen molar-refractivity contribution in [2.75, 3.05) is 7.11 Å². The Labute approximate surface area is 143 Å². The van der Waals surface area contributed by atoms with Crippen LogP contribution >= 0.6 is 0 Å². The van der Waals surface area contributed by atoms with Crippen LogP contribution < -0.4 is 4.74 Å². The second-order valence-corrected chi connectivity index (χ2v) is 3.95. The first kappa shape index (κ1) is 17.2. The molecule has 1 N–H and O–H groups in total. The van der Waals surface area contributed by atoms with Crippen LogP contribution in [0, 0.1) is 0 Å². The molecule has 0 radical (unpaired) electrons. The van der Waals surface area contributed by atoms with Gasteiger partial charge in [0.05, 0.1) is 18.2 Å². The van der Waals surface area contributed by atoms with E-state index in [0.29, 0.717) is 16.9 Å². The van der Waals surface area contributed by atoms with E-state index < -0.39 is 11.9 Å². The van der Waals surface area contributed by atoms with E-state index in [9.17, 15) is 9.59 Å². The minimum absolute atomic E-state index is 0. The summed E-state index contributed by atoms with van der Waals surface area (Å²) in [5.41, 5.74) is 0.691. The summed E-state index contributed by atoms with van der Waals surface area (Å²) >= 11 is 0. The molecule has 0 bridgehead atoms. The fourth-order valence-corrected chi connectivity index (χ4v) is 1.54. The molecule has 0 heterocycles. The van der Waals surface area contributed by atoms with Gasteiger partial charge in [0.1, 0.15) is 11.5 Å². The predicted octanol–water partition coefficient (Wildman–Crippen LogP) is 1.75. The van der Waals surface area contributed by atoms with Crippen LogP contribution in [0.1, 0.15) is 20.7 Å². The molecule has 0 aliphatic heterocycles. The van der Waals surface area contributed by atoms with Gasteiger partial charge in [0.15, 0.2) is 0 Å². The van der Waals surface area contributed by atoms with Gasteiger partial charge in [-0.25, -0.2) is 9.59 Å². The number of phenols is 1. The zero-order valence-electron chi connectivity index (χ0n) is 10.7. The summed E-state index contributed by atoms with van der Waals surface area (Å²) in [4.78, 5) is 23.1. The van der Waals surface area contributed by atoms with Gasteiger partial charge in [0.2, 0.25) is 0 Å². The zero-order chi connectivity index (χ0) is 14.5. The molecular formula is C15H13NaO5. The fourth-order valence-electron chi connectivity index (χ4n) is 1.54. The third-order valence-corrected chi connectivity index (χ3v) is 2.59. The van der Waals surface area contributed by atoms with Crippen molar-refractivity contribution in [3.63, 3.8) is 0 Å². The second-order valence-electron chi connectivity index (χ2n) is 3.95. The third kappa shape index (κ3) is 4.60. The van der Waals surface area contributed by atoms with E-state index in [1.165, 1.54) is 55.6 Å². The maximum atomic E-state index is 11.8. The minimum atomic E-state index is -0.546. The van der Waals surface area contributed by atoms with E-state index in [-0.39, 0.29) is 35.3 Å². The number of carbonyl (C=O) groups excluding carboxylic acids is 2. The molecule has 0 atom stereocenters. The van der Waals surface area contributed by atoms with Gasteiger partial charge in [-0.2, -0.15) is 0 Å². The number of hydrogen-bond acceptors (Lipinski definition) is 5. The average Bonchev–Trinajstić information content (AvgIpc) is 2.48. The van der Waals surface area contributed by atoms with Crippen LogP contribution in [0.15, 0.2) is 48.5 Å². The molecule has 0 amide bonds. The van der Waals surface area contributed by atoms with Gasteiger partial charge in [-0.05, 0) is 48.5 Å². The Kier molecular flexibility index (Phi) is 6.42. The van der Waals surface area contributed by atoms with Gasteiger partial charge in [-0.1, -0.05) is 0 Å². The summed E-state index contributed by atoms with van der Waals surface area (Å²) in [6.45, 7) is 0. The van der Waals surface area contributed by atoms with Crippen molar-refractivity contribution in [3.8, 4) is 11.5 Å². The van der Waals surface area contributed by atoms with Crippen LogP contribution in [0.4, 0.5) is 0 Å². The Bertz CT molecular complexity index is 620. The summed E-state index contributed by atoms with van der Waals surface area (Å²) in [5, 5.41) is 9.14. The molecular weight excluding hydrogens is 283 g/mol. The van der Waals surface area contributed by atoms with Crippen LogP contribution in [-0.2, 0) is 4.74 Å². The van der Waals surface area contributed by atoms with E-state index in [1.54, 1.807) is 0 Å². The number of rotatable bonds is 3. The molecule has 0 spiro atoms. The maximum absolute atomic E-state index is 11.8. The quantitative estimate of drug-likeness (QED) is 0.531. The Balaban J connectivity index is 0.00000220. The Morgan fingerprint density at radius 3 is 1.86 bits per heavy atom. The number of benzene rings is 2. The molecule has 21 heavy (non-hydrogen) atoms. The van der Waals surface area contributed by atoms with Gasteiger partial charge < -0.3 is 14.6 Å². The first-order valence-electron chi connectivity index (χ1n) is 5.80. The summed E-state index contributed by atoms with van der Waals surface area (Å²) in [7, 11) is 1.29. The molecule has 2 aromatic rings. The molecule has 2 aromatic carbocycles. The van der Waals surface area contributed by atoms with Crippen molar-refractivity contribution >= 4 is 41.5 Å². The van der Waals surface area contributed by atoms with Gasteiger partial charge in [0.25, 0.3) is 0 Å². The van der Waals surface area contributed by atoms with Crippen molar-refractivity contribution in [2.24, 2.45) is 0 Å². The standard InChI is InChI=1S/C15H12O5.Na.H/c1-19-14(17)10-4-8-13(9-5-10)20-15(18)11-2-6-12(16)7-3-11;;/h2-9,16H,1H3;;. The number of ether oxygens (including phenoxy) is 2. The molecule has 6 heteroatoms. The van der Waals surface area contributed by atoms with Crippen LogP contribution in [0.2, 0.25) is 0 Å².